The molecule has 0 unspecified atom stereocenters. The predicted octanol–water partition coefficient (Wildman–Crippen LogP) is 3.03. The summed E-state index contributed by atoms with van der Waals surface area (Å²) in [5.41, 5.74) is 2.84. The van der Waals surface area contributed by atoms with Crippen molar-refractivity contribution in [3.05, 3.63) is 64.4 Å². The van der Waals surface area contributed by atoms with Crippen LogP contribution in [0.4, 0.5) is 5.69 Å². The first kappa shape index (κ1) is 20.6. The Balaban J connectivity index is 1.56. The van der Waals surface area contributed by atoms with Gasteiger partial charge in [-0.05, 0) is 57.2 Å². The van der Waals surface area contributed by atoms with Crippen molar-refractivity contribution in [1.82, 2.24) is 14.5 Å². The number of hydrogen-bond donors (Lipinski definition) is 0. The molecule has 1 aromatic heterocycles. The standard InChI is InChI=1S/C23H26N4O2S/c1-25(2)13-7-14-27-22(29)18-9-4-5-10-19(18)24-23(27)30-16-21(28)26-15-12-17-8-3-6-11-20(17)26/h3-6,8-11H,7,12-16H2,1-2H3. The van der Waals surface area contributed by atoms with Gasteiger partial charge < -0.3 is 9.80 Å². The van der Waals surface area contributed by atoms with Crippen LogP contribution >= 0.6 is 11.8 Å². The average Bonchev–Trinajstić information content (AvgIpc) is 3.18. The Bertz CT molecular complexity index is 1130. The van der Waals surface area contributed by atoms with Gasteiger partial charge in [-0.25, -0.2) is 4.98 Å². The second-order valence-electron chi connectivity index (χ2n) is 7.74. The molecule has 0 spiro atoms. The minimum absolute atomic E-state index is 0.0409. The van der Waals surface area contributed by atoms with Gasteiger partial charge >= 0.3 is 0 Å². The third-order valence-electron chi connectivity index (χ3n) is 5.33. The molecule has 4 rings (SSSR count). The molecule has 1 amide bonds. The highest BCUT2D eigenvalue weighted by Crippen LogP contribution is 2.28. The Morgan fingerprint density at radius 2 is 1.90 bits per heavy atom. The number of benzene rings is 2. The molecule has 0 atom stereocenters. The van der Waals surface area contributed by atoms with Gasteiger partial charge in [-0.15, -0.1) is 0 Å². The highest BCUT2D eigenvalue weighted by Gasteiger charge is 2.24. The van der Waals surface area contributed by atoms with E-state index in [1.807, 2.05) is 61.5 Å². The van der Waals surface area contributed by atoms with E-state index in [0.29, 0.717) is 29.1 Å². The third-order valence-corrected chi connectivity index (χ3v) is 6.29. The fourth-order valence-electron chi connectivity index (χ4n) is 3.80. The fraction of sp³-hybridized carbons (Fsp3) is 0.348. The molecular formula is C23H26N4O2S. The first-order valence-corrected chi connectivity index (χ1v) is 11.2. The van der Waals surface area contributed by atoms with Crippen LogP contribution in [0.2, 0.25) is 0 Å². The lowest BCUT2D eigenvalue weighted by atomic mass is 10.2. The van der Waals surface area contributed by atoms with Gasteiger partial charge in [-0.1, -0.05) is 42.1 Å². The van der Waals surface area contributed by atoms with Gasteiger partial charge in [0, 0.05) is 18.8 Å². The average molecular weight is 423 g/mol. The van der Waals surface area contributed by atoms with E-state index in [4.69, 9.17) is 4.98 Å². The van der Waals surface area contributed by atoms with Crippen molar-refractivity contribution >= 4 is 34.3 Å². The zero-order valence-electron chi connectivity index (χ0n) is 17.4. The maximum absolute atomic E-state index is 13.1. The van der Waals surface area contributed by atoms with Gasteiger partial charge in [0.05, 0.1) is 16.7 Å². The fourth-order valence-corrected chi connectivity index (χ4v) is 4.70. The van der Waals surface area contributed by atoms with Crippen LogP contribution in [0, 0.1) is 0 Å². The molecule has 7 heteroatoms. The van der Waals surface area contributed by atoms with Gasteiger partial charge in [-0.2, -0.15) is 0 Å². The van der Waals surface area contributed by atoms with Gasteiger partial charge in [0.15, 0.2) is 5.16 Å². The zero-order valence-corrected chi connectivity index (χ0v) is 18.2. The Kier molecular flexibility index (Phi) is 6.20. The summed E-state index contributed by atoms with van der Waals surface area (Å²) in [6, 6.07) is 15.4. The molecular weight excluding hydrogens is 396 g/mol. The van der Waals surface area contributed by atoms with Crippen LogP contribution in [0.1, 0.15) is 12.0 Å². The molecule has 0 aliphatic carbocycles. The molecule has 1 aliphatic rings. The van der Waals surface area contributed by atoms with Crippen LogP contribution in [0.25, 0.3) is 10.9 Å². The molecule has 6 nitrogen and oxygen atoms in total. The van der Waals surface area contributed by atoms with Crippen LogP contribution in [0.3, 0.4) is 0 Å². The summed E-state index contributed by atoms with van der Waals surface area (Å²) >= 11 is 1.35. The van der Waals surface area contributed by atoms with E-state index in [-0.39, 0.29) is 17.2 Å². The van der Waals surface area contributed by atoms with Gasteiger partial charge in [-0.3, -0.25) is 14.2 Å². The summed E-state index contributed by atoms with van der Waals surface area (Å²) in [7, 11) is 4.03. The Morgan fingerprint density at radius 3 is 2.73 bits per heavy atom. The summed E-state index contributed by atoms with van der Waals surface area (Å²) in [4.78, 5) is 34.7. The van der Waals surface area contributed by atoms with Gasteiger partial charge in [0.1, 0.15) is 0 Å². The topological polar surface area (TPSA) is 58.4 Å². The van der Waals surface area contributed by atoms with Crippen LogP contribution in [-0.2, 0) is 17.8 Å². The summed E-state index contributed by atoms with van der Waals surface area (Å²) in [6.07, 6.45) is 1.73. The highest BCUT2D eigenvalue weighted by molar-refractivity contribution is 7.99. The molecule has 30 heavy (non-hydrogen) atoms. The van der Waals surface area contributed by atoms with Crippen molar-refractivity contribution in [2.75, 3.05) is 37.8 Å². The number of amides is 1. The van der Waals surface area contributed by atoms with Crippen LogP contribution in [-0.4, -0.2) is 53.3 Å². The number of hydrogen-bond acceptors (Lipinski definition) is 5. The van der Waals surface area contributed by atoms with E-state index in [9.17, 15) is 9.59 Å². The highest BCUT2D eigenvalue weighted by atomic mass is 32.2. The van der Waals surface area contributed by atoms with E-state index in [2.05, 4.69) is 11.0 Å². The molecule has 156 valence electrons. The number of rotatable bonds is 7. The van der Waals surface area contributed by atoms with Crippen molar-refractivity contribution in [2.24, 2.45) is 0 Å². The Hall–Kier alpha value is -2.64. The number of thioether (sulfide) groups is 1. The number of fused-ring (bicyclic) bond motifs is 2. The predicted molar refractivity (Wildman–Crippen MR) is 122 cm³/mol. The van der Waals surface area contributed by atoms with Crippen LogP contribution in [0.5, 0.6) is 0 Å². The number of para-hydroxylation sites is 2. The minimum Gasteiger partial charge on any atom is -0.311 e. The smallest absolute Gasteiger partial charge is 0.262 e. The second kappa shape index (κ2) is 9.02. The Morgan fingerprint density at radius 1 is 1.13 bits per heavy atom. The van der Waals surface area contributed by atoms with E-state index >= 15 is 0 Å². The van der Waals surface area contributed by atoms with Gasteiger partial charge in [0.2, 0.25) is 5.91 Å². The third kappa shape index (κ3) is 4.27. The number of carbonyl (C=O) groups is 1. The minimum atomic E-state index is -0.0409. The monoisotopic (exact) mass is 422 g/mol. The lowest BCUT2D eigenvalue weighted by Crippen LogP contribution is -2.31. The quantitative estimate of drug-likeness (QED) is 0.433. The van der Waals surface area contributed by atoms with E-state index < -0.39 is 0 Å². The van der Waals surface area contributed by atoms with Gasteiger partial charge in [0.25, 0.3) is 5.56 Å². The molecule has 2 heterocycles. The second-order valence-corrected chi connectivity index (χ2v) is 8.68. The summed E-state index contributed by atoms with van der Waals surface area (Å²) < 4.78 is 1.72. The molecule has 0 fully saturated rings. The molecule has 0 radical (unpaired) electrons. The van der Waals surface area contributed by atoms with Crippen molar-refractivity contribution in [2.45, 2.75) is 24.5 Å². The van der Waals surface area contributed by atoms with Crippen LogP contribution in [0.15, 0.2) is 58.5 Å². The first-order chi connectivity index (χ1) is 14.5. The maximum atomic E-state index is 13.1. The van der Waals surface area contributed by atoms with E-state index in [1.54, 1.807) is 4.57 Å². The number of carbonyl (C=O) groups excluding carboxylic acids is 1. The molecule has 0 bridgehead atoms. The first-order valence-electron chi connectivity index (χ1n) is 10.2. The SMILES string of the molecule is CN(C)CCCn1c(SCC(=O)N2CCc3ccccc32)nc2ccccc2c1=O. The number of aromatic nitrogens is 2. The summed E-state index contributed by atoms with van der Waals surface area (Å²) in [5, 5.41) is 1.23. The normalized spacial score (nSPS) is 13.2. The molecule has 0 saturated heterocycles. The van der Waals surface area contributed by atoms with E-state index in [1.165, 1.54) is 17.3 Å². The zero-order chi connectivity index (χ0) is 21.1. The molecule has 0 N–H and O–H groups in total. The number of anilines is 1. The summed E-state index contributed by atoms with van der Waals surface area (Å²) in [6.45, 7) is 2.17. The lowest BCUT2D eigenvalue weighted by Gasteiger charge is -2.18. The maximum Gasteiger partial charge on any atom is 0.262 e. The van der Waals surface area contributed by atoms with E-state index in [0.717, 1.165) is 25.1 Å². The molecule has 3 aromatic rings. The lowest BCUT2D eigenvalue weighted by molar-refractivity contribution is -0.116. The van der Waals surface area contributed by atoms with Crippen molar-refractivity contribution < 1.29 is 4.79 Å². The Labute approximate surface area is 180 Å². The largest absolute Gasteiger partial charge is 0.311 e. The molecule has 1 aliphatic heterocycles. The van der Waals surface area contributed by atoms with Crippen molar-refractivity contribution in [1.29, 1.82) is 0 Å². The molecule has 2 aromatic carbocycles. The molecule has 0 saturated carbocycles. The summed E-state index contributed by atoms with van der Waals surface area (Å²) in [5.74, 6) is 0.305. The van der Waals surface area contributed by atoms with Crippen LogP contribution < -0.4 is 10.5 Å². The van der Waals surface area contributed by atoms with Crippen molar-refractivity contribution in [3.63, 3.8) is 0 Å². The number of nitrogens with zero attached hydrogens (tertiary/aromatic N) is 4. The van der Waals surface area contributed by atoms with Crippen molar-refractivity contribution in [3.8, 4) is 0 Å².